The van der Waals surface area contributed by atoms with E-state index in [1.165, 1.54) is 0 Å². The van der Waals surface area contributed by atoms with Crippen LogP contribution in [0.2, 0.25) is 0 Å². The van der Waals surface area contributed by atoms with E-state index >= 15 is 0 Å². The van der Waals surface area contributed by atoms with E-state index < -0.39 is 5.38 Å². The number of ether oxygens (including phenoxy) is 1. The number of carbonyl (C=O) groups is 1. The zero-order valence-corrected chi connectivity index (χ0v) is 9.04. The van der Waals surface area contributed by atoms with Crippen LogP contribution in [0, 0.1) is 0 Å². The standard InChI is InChI=1S/C11H13ClO2/c1-8(12)11(13)7-9-4-3-5-10(6-9)14-2/h3-6,8H,7H2,1-2H3. The third kappa shape index (κ3) is 3.04. The number of benzene rings is 1. The molecule has 0 aliphatic carbocycles. The summed E-state index contributed by atoms with van der Waals surface area (Å²) in [5.74, 6) is 0.789. The molecule has 14 heavy (non-hydrogen) atoms. The van der Waals surface area contributed by atoms with Gasteiger partial charge in [0.05, 0.1) is 12.5 Å². The number of carbonyl (C=O) groups excluding carboxylic acids is 1. The summed E-state index contributed by atoms with van der Waals surface area (Å²) >= 11 is 5.67. The van der Waals surface area contributed by atoms with Crippen molar-refractivity contribution in [1.29, 1.82) is 0 Å². The summed E-state index contributed by atoms with van der Waals surface area (Å²) in [5, 5.41) is -0.429. The van der Waals surface area contributed by atoms with Crippen LogP contribution in [0.3, 0.4) is 0 Å². The quantitative estimate of drug-likeness (QED) is 0.717. The fourth-order valence-electron chi connectivity index (χ4n) is 1.12. The molecule has 0 spiro atoms. The molecule has 0 radical (unpaired) electrons. The summed E-state index contributed by atoms with van der Waals surface area (Å²) < 4.78 is 5.05. The SMILES string of the molecule is COc1cccc(CC(=O)C(C)Cl)c1. The highest BCUT2D eigenvalue weighted by atomic mass is 35.5. The Bertz CT molecular complexity index is 321. The van der Waals surface area contributed by atoms with Crippen molar-refractivity contribution < 1.29 is 9.53 Å². The van der Waals surface area contributed by atoms with E-state index in [-0.39, 0.29) is 5.78 Å². The summed E-state index contributed by atoms with van der Waals surface area (Å²) in [5.41, 5.74) is 0.932. The van der Waals surface area contributed by atoms with Crippen molar-refractivity contribution in [1.82, 2.24) is 0 Å². The number of methoxy groups -OCH3 is 1. The maximum atomic E-state index is 11.3. The highest BCUT2D eigenvalue weighted by Crippen LogP contribution is 2.14. The number of ketones is 1. The normalized spacial score (nSPS) is 12.2. The maximum Gasteiger partial charge on any atom is 0.154 e. The van der Waals surface area contributed by atoms with Crippen LogP contribution in [0.1, 0.15) is 12.5 Å². The van der Waals surface area contributed by atoms with E-state index in [2.05, 4.69) is 0 Å². The van der Waals surface area contributed by atoms with Gasteiger partial charge in [0.1, 0.15) is 5.75 Å². The van der Waals surface area contributed by atoms with E-state index in [1.807, 2.05) is 24.3 Å². The number of hydrogen-bond donors (Lipinski definition) is 0. The van der Waals surface area contributed by atoms with Gasteiger partial charge in [-0.25, -0.2) is 0 Å². The largest absolute Gasteiger partial charge is 0.497 e. The van der Waals surface area contributed by atoms with Crippen molar-refractivity contribution in [2.45, 2.75) is 18.7 Å². The van der Waals surface area contributed by atoms with Crippen LogP contribution in [0.5, 0.6) is 5.75 Å². The van der Waals surface area contributed by atoms with Crippen LogP contribution in [0.4, 0.5) is 0 Å². The molecule has 76 valence electrons. The second-order valence-corrected chi connectivity index (χ2v) is 3.77. The lowest BCUT2D eigenvalue weighted by molar-refractivity contribution is -0.117. The highest BCUT2D eigenvalue weighted by Gasteiger charge is 2.10. The van der Waals surface area contributed by atoms with E-state index in [1.54, 1.807) is 14.0 Å². The third-order valence-electron chi connectivity index (χ3n) is 1.96. The Morgan fingerprint density at radius 3 is 2.86 bits per heavy atom. The van der Waals surface area contributed by atoms with Gasteiger partial charge in [0.2, 0.25) is 0 Å². The van der Waals surface area contributed by atoms with Crippen molar-refractivity contribution in [3.05, 3.63) is 29.8 Å². The lowest BCUT2D eigenvalue weighted by Gasteiger charge is -2.04. The van der Waals surface area contributed by atoms with Crippen molar-refractivity contribution in [3.63, 3.8) is 0 Å². The minimum Gasteiger partial charge on any atom is -0.497 e. The van der Waals surface area contributed by atoms with E-state index in [9.17, 15) is 4.79 Å². The van der Waals surface area contributed by atoms with E-state index in [0.717, 1.165) is 11.3 Å². The molecule has 1 aromatic rings. The molecular formula is C11H13ClO2. The average Bonchev–Trinajstić information content (AvgIpc) is 2.18. The molecule has 0 saturated heterocycles. The van der Waals surface area contributed by atoms with Gasteiger partial charge in [-0.15, -0.1) is 11.6 Å². The fraction of sp³-hybridized carbons (Fsp3) is 0.364. The van der Waals surface area contributed by atoms with Gasteiger partial charge in [0, 0.05) is 6.42 Å². The number of rotatable bonds is 4. The molecule has 0 saturated carbocycles. The van der Waals surface area contributed by atoms with Gasteiger partial charge in [-0.1, -0.05) is 12.1 Å². The molecule has 1 rings (SSSR count). The Hall–Kier alpha value is -1.02. The van der Waals surface area contributed by atoms with E-state index in [0.29, 0.717) is 6.42 Å². The molecule has 0 aliphatic rings. The van der Waals surface area contributed by atoms with Crippen LogP contribution in [0.15, 0.2) is 24.3 Å². The first-order chi connectivity index (χ1) is 6.63. The van der Waals surface area contributed by atoms with Crippen LogP contribution < -0.4 is 4.74 Å². The zero-order valence-electron chi connectivity index (χ0n) is 8.29. The minimum absolute atomic E-state index is 0.0277. The predicted molar refractivity (Wildman–Crippen MR) is 57.0 cm³/mol. The molecule has 0 bridgehead atoms. The van der Waals surface area contributed by atoms with Gasteiger partial charge >= 0.3 is 0 Å². The number of hydrogen-bond acceptors (Lipinski definition) is 2. The van der Waals surface area contributed by atoms with Crippen molar-refractivity contribution >= 4 is 17.4 Å². The molecule has 0 amide bonds. The second-order valence-electron chi connectivity index (χ2n) is 3.11. The van der Waals surface area contributed by atoms with Gasteiger partial charge < -0.3 is 4.74 Å². The molecule has 3 heteroatoms. The number of halogens is 1. The van der Waals surface area contributed by atoms with E-state index in [4.69, 9.17) is 16.3 Å². The van der Waals surface area contributed by atoms with Gasteiger partial charge in [-0.3, -0.25) is 4.79 Å². The minimum atomic E-state index is -0.429. The molecular weight excluding hydrogens is 200 g/mol. The molecule has 1 unspecified atom stereocenters. The van der Waals surface area contributed by atoms with Crippen LogP contribution >= 0.6 is 11.6 Å². The Morgan fingerprint density at radius 2 is 2.29 bits per heavy atom. The Kier molecular flexibility index (Phi) is 3.96. The molecule has 1 aromatic carbocycles. The highest BCUT2D eigenvalue weighted by molar-refractivity contribution is 6.30. The third-order valence-corrected chi connectivity index (χ3v) is 2.20. The number of alkyl halides is 1. The summed E-state index contributed by atoms with van der Waals surface area (Å²) in [7, 11) is 1.60. The predicted octanol–water partition coefficient (Wildman–Crippen LogP) is 2.43. The zero-order chi connectivity index (χ0) is 10.6. The summed E-state index contributed by atoms with van der Waals surface area (Å²) in [6, 6.07) is 7.44. The molecule has 0 fully saturated rings. The second kappa shape index (κ2) is 5.01. The maximum absolute atomic E-state index is 11.3. The topological polar surface area (TPSA) is 26.3 Å². The van der Waals surface area contributed by atoms with Gasteiger partial charge in [-0.2, -0.15) is 0 Å². The van der Waals surface area contributed by atoms with Crippen molar-refractivity contribution in [2.75, 3.05) is 7.11 Å². The van der Waals surface area contributed by atoms with Crippen LogP contribution in [-0.4, -0.2) is 18.3 Å². The Morgan fingerprint density at radius 1 is 1.57 bits per heavy atom. The fourth-order valence-corrected chi connectivity index (χ4v) is 1.20. The smallest absolute Gasteiger partial charge is 0.154 e. The lowest BCUT2D eigenvalue weighted by atomic mass is 10.1. The number of Topliss-reactive ketones (excluding diaryl/α,β-unsaturated/α-hetero) is 1. The molecule has 2 nitrogen and oxygen atoms in total. The van der Waals surface area contributed by atoms with Gasteiger partial charge in [0.25, 0.3) is 0 Å². The van der Waals surface area contributed by atoms with Crippen LogP contribution in [-0.2, 0) is 11.2 Å². The summed E-state index contributed by atoms with van der Waals surface area (Å²) in [6.45, 7) is 1.68. The average molecular weight is 213 g/mol. The van der Waals surface area contributed by atoms with Gasteiger partial charge in [0.15, 0.2) is 5.78 Å². The summed E-state index contributed by atoms with van der Waals surface area (Å²) in [6.07, 6.45) is 0.363. The molecule has 1 atom stereocenters. The Labute approximate surface area is 88.8 Å². The lowest BCUT2D eigenvalue weighted by Crippen LogP contribution is -2.12. The summed E-state index contributed by atoms with van der Waals surface area (Å²) in [4.78, 5) is 11.3. The Balaban J connectivity index is 2.72. The van der Waals surface area contributed by atoms with Gasteiger partial charge in [-0.05, 0) is 24.6 Å². The first-order valence-corrected chi connectivity index (χ1v) is 4.87. The van der Waals surface area contributed by atoms with Crippen molar-refractivity contribution in [3.8, 4) is 5.75 Å². The first kappa shape index (κ1) is 11.1. The first-order valence-electron chi connectivity index (χ1n) is 4.43. The van der Waals surface area contributed by atoms with Crippen molar-refractivity contribution in [2.24, 2.45) is 0 Å². The molecule has 0 aromatic heterocycles. The van der Waals surface area contributed by atoms with Crippen LogP contribution in [0.25, 0.3) is 0 Å². The molecule has 0 N–H and O–H groups in total. The molecule has 0 aliphatic heterocycles. The monoisotopic (exact) mass is 212 g/mol. The molecule has 0 heterocycles.